The topological polar surface area (TPSA) is 84.2 Å². The molecule has 9 heteroatoms. The molecule has 1 saturated carbocycles. The first-order valence-electron chi connectivity index (χ1n) is 10.4. The molecule has 32 heavy (non-hydrogen) atoms. The van der Waals surface area contributed by atoms with E-state index in [1.165, 1.54) is 34.9 Å². The molecule has 0 saturated heterocycles. The number of hydroxylamine groups is 1. The second-order valence-corrected chi connectivity index (χ2v) is 8.06. The Morgan fingerprint density at radius 2 is 1.78 bits per heavy atom. The normalized spacial score (nSPS) is 15.1. The number of nitrogens with zero attached hydrogens (tertiary/aromatic N) is 2. The van der Waals surface area contributed by atoms with Gasteiger partial charge in [0.25, 0.3) is 11.5 Å². The smallest absolute Gasteiger partial charge is 0.291 e. The largest absolute Gasteiger partial charge is 0.416 e. The Kier molecular flexibility index (Phi) is 6.01. The zero-order chi connectivity index (χ0) is 22.9. The molecule has 1 amide bonds. The lowest BCUT2D eigenvalue weighted by Crippen LogP contribution is -2.28. The van der Waals surface area contributed by atoms with Crippen molar-refractivity contribution in [1.82, 2.24) is 15.0 Å². The Balaban J connectivity index is 1.81. The molecular formula is C23H22F3N3O3. The molecule has 1 fully saturated rings. The maximum atomic E-state index is 13.4. The minimum Gasteiger partial charge on any atom is -0.291 e. The first-order chi connectivity index (χ1) is 15.3. The van der Waals surface area contributed by atoms with Crippen LogP contribution in [0.3, 0.4) is 0 Å². The number of benzene rings is 2. The first-order valence-corrected chi connectivity index (χ1v) is 10.4. The van der Waals surface area contributed by atoms with Crippen molar-refractivity contribution in [2.45, 2.75) is 50.7 Å². The average Bonchev–Trinajstić information content (AvgIpc) is 2.80. The van der Waals surface area contributed by atoms with Crippen LogP contribution < -0.4 is 11.0 Å². The number of rotatable bonds is 4. The van der Waals surface area contributed by atoms with Crippen LogP contribution >= 0.6 is 0 Å². The summed E-state index contributed by atoms with van der Waals surface area (Å²) < 4.78 is 40.2. The first kappa shape index (κ1) is 22.0. The highest BCUT2D eigenvalue weighted by Gasteiger charge is 2.30. The van der Waals surface area contributed by atoms with Crippen LogP contribution in [0.25, 0.3) is 10.9 Å². The number of hydrogen-bond acceptors (Lipinski definition) is 4. The summed E-state index contributed by atoms with van der Waals surface area (Å²) in [6, 6.07) is 9.11. The SMILES string of the molecule is O=C(NO)c1ccc2c(=O)n(Cc3ccc(C(F)(F)F)cc3)c(C3CCCCC3)nc2c1. The molecule has 0 atom stereocenters. The van der Waals surface area contributed by atoms with Crippen LogP contribution in [0, 0.1) is 0 Å². The van der Waals surface area contributed by atoms with Gasteiger partial charge in [0.1, 0.15) is 5.82 Å². The van der Waals surface area contributed by atoms with Gasteiger partial charge in [-0.2, -0.15) is 13.2 Å². The molecule has 4 rings (SSSR count). The minimum atomic E-state index is -4.42. The van der Waals surface area contributed by atoms with Crippen molar-refractivity contribution in [1.29, 1.82) is 0 Å². The van der Waals surface area contributed by atoms with Crippen LogP contribution in [-0.4, -0.2) is 20.7 Å². The van der Waals surface area contributed by atoms with E-state index in [1.807, 2.05) is 0 Å². The summed E-state index contributed by atoms with van der Waals surface area (Å²) in [6.07, 6.45) is 0.418. The Bertz CT molecular complexity index is 1200. The van der Waals surface area contributed by atoms with E-state index in [2.05, 4.69) is 0 Å². The summed E-state index contributed by atoms with van der Waals surface area (Å²) in [5.74, 6) is -0.0869. The fourth-order valence-corrected chi connectivity index (χ4v) is 4.25. The fourth-order valence-electron chi connectivity index (χ4n) is 4.25. The van der Waals surface area contributed by atoms with Crippen LogP contribution in [0.2, 0.25) is 0 Å². The van der Waals surface area contributed by atoms with Gasteiger partial charge in [-0.3, -0.25) is 19.4 Å². The lowest BCUT2D eigenvalue weighted by Gasteiger charge is -2.25. The van der Waals surface area contributed by atoms with Crippen LogP contribution in [0.4, 0.5) is 13.2 Å². The number of hydrogen-bond donors (Lipinski definition) is 2. The van der Waals surface area contributed by atoms with Crippen molar-refractivity contribution in [2.75, 3.05) is 0 Å². The van der Waals surface area contributed by atoms with Gasteiger partial charge in [0.2, 0.25) is 0 Å². The van der Waals surface area contributed by atoms with Crippen LogP contribution in [0.15, 0.2) is 47.3 Å². The highest BCUT2D eigenvalue weighted by atomic mass is 19.4. The number of carbonyl (C=O) groups is 1. The van der Waals surface area contributed by atoms with Crippen molar-refractivity contribution in [3.63, 3.8) is 0 Å². The highest BCUT2D eigenvalue weighted by Crippen LogP contribution is 2.33. The third-order valence-corrected chi connectivity index (χ3v) is 5.94. The molecule has 1 heterocycles. The quantitative estimate of drug-likeness (QED) is 0.453. The Hall–Kier alpha value is -3.20. The summed E-state index contributed by atoms with van der Waals surface area (Å²) in [6.45, 7) is 0.102. The third kappa shape index (κ3) is 4.38. The summed E-state index contributed by atoms with van der Waals surface area (Å²) in [7, 11) is 0. The minimum absolute atomic E-state index is 0.0469. The number of amides is 1. The van der Waals surface area contributed by atoms with Crippen LogP contribution in [0.1, 0.15) is 65.3 Å². The van der Waals surface area contributed by atoms with E-state index in [1.54, 1.807) is 5.48 Å². The van der Waals surface area contributed by atoms with Crippen LogP contribution in [-0.2, 0) is 12.7 Å². The van der Waals surface area contributed by atoms with Gasteiger partial charge in [0, 0.05) is 11.5 Å². The second-order valence-electron chi connectivity index (χ2n) is 8.06. The zero-order valence-corrected chi connectivity index (χ0v) is 17.2. The van der Waals surface area contributed by atoms with Gasteiger partial charge in [0.05, 0.1) is 23.0 Å². The third-order valence-electron chi connectivity index (χ3n) is 5.94. The number of aromatic nitrogens is 2. The van der Waals surface area contributed by atoms with Crippen molar-refractivity contribution < 1.29 is 23.2 Å². The molecule has 0 aliphatic heterocycles. The number of alkyl halides is 3. The maximum Gasteiger partial charge on any atom is 0.416 e. The van der Waals surface area contributed by atoms with E-state index in [0.29, 0.717) is 22.3 Å². The van der Waals surface area contributed by atoms with Crippen molar-refractivity contribution >= 4 is 16.8 Å². The van der Waals surface area contributed by atoms with Crippen molar-refractivity contribution in [2.24, 2.45) is 0 Å². The predicted octanol–water partition coefficient (Wildman–Crippen LogP) is 4.63. The molecular weight excluding hydrogens is 423 g/mol. The van der Waals surface area contributed by atoms with Gasteiger partial charge in [0.15, 0.2) is 0 Å². The number of fused-ring (bicyclic) bond motifs is 1. The molecule has 2 aromatic carbocycles. The average molecular weight is 445 g/mol. The van der Waals surface area contributed by atoms with Gasteiger partial charge in [-0.15, -0.1) is 0 Å². The molecule has 3 aromatic rings. The molecule has 6 nitrogen and oxygen atoms in total. The number of nitrogens with one attached hydrogen (secondary N) is 1. The van der Waals surface area contributed by atoms with Gasteiger partial charge < -0.3 is 0 Å². The monoisotopic (exact) mass is 445 g/mol. The summed E-state index contributed by atoms with van der Waals surface area (Å²) in [4.78, 5) is 29.9. The summed E-state index contributed by atoms with van der Waals surface area (Å²) >= 11 is 0. The Labute approximate surface area is 181 Å². The van der Waals surface area contributed by atoms with Crippen LogP contribution in [0.5, 0.6) is 0 Å². The van der Waals surface area contributed by atoms with Gasteiger partial charge >= 0.3 is 6.18 Å². The Morgan fingerprint density at radius 3 is 2.41 bits per heavy atom. The lowest BCUT2D eigenvalue weighted by molar-refractivity contribution is -0.137. The van der Waals surface area contributed by atoms with Crippen molar-refractivity contribution in [3.8, 4) is 0 Å². The standard InChI is InChI=1S/C23H22F3N3O3/c24-23(25,26)17-9-6-14(7-10-17)13-29-20(15-4-2-1-3-5-15)27-19-12-16(21(30)28-32)8-11-18(19)22(29)31/h6-12,15,32H,1-5,13H2,(H,28,30). The van der Waals surface area contributed by atoms with Gasteiger partial charge in [-0.05, 0) is 48.7 Å². The molecule has 168 valence electrons. The zero-order valence-electron chi connectivity index (χ0n) is 17.2. The lowest BCUT2D eigenvalue weighted by atomic mass is 9.88. The molecule has 0 bridgehead atoms. The van der Waals surface area contributed by atoms with Crippen molar-refractivity contribution in [3.05, 3.63) is 75.3 Å². The molecule has 0 radical (unpaired) electrons. The number of halogens is 3. The van der Waals surface area contributed by atoms with Gasteiger partial charge in [-0.1, -0.05) is 31.4 Å². The summed E-state index contributed by atoms with van der Waals surface area (Å²) in [5, 5.41) is 9.19. The molecule has 0 unspecified atom stereocenters. The van der Waals surface area contributed by atoms with E-state index in [0.717, 1.165) is 44.2 Å². The molecule has 1 aliphatic rings. The fraction of sp³-hybridized carbons (Fsp3) is 0.348. The molecule has 2 N–H and O–H groups in total. The van der Waals surface area contributed by atoms with E-state index < -0.39 is 17.6 Å². The highest BCUT2D eigenvalue weighted by molar-refractivity contribution is 5.97. The predicted molar refractivity (Wildman–Crippen MR) is 112 cm³/mol. The maximum absolute atomic E-state index is 13.4. The number of carbonyl (C=O) groups excluding carboxylic acids is 1. The molecule has 0 spiro atoms. The molecule has 1 aliphatic carbocycles. The summed E-state index contributed by atoms with van der Waals surface area (Å²) in [5.41, 5.74) is 1.59. The Morgan fingerprint density at radius 1 is 1.09 bits per heavy atom. The van der Waals surface area contributed by atoms with Gasteiger partial charge in [-0.25, -0.2) is 10.5 Å². The van der Waals surface area contributed by atoms with E-state index in [-0.39, 0.29) is 23.6 Å². The second kappa shape index (κ2) is 8.74. The van der Waals surface area contributed by atoms with E-state index in [9.17, 15) is 22.8 Å². The molecule has 1 aromatic heterocycles. The van der Waals surface area contributed by atoms with E-state index >= 15 is 0 Å². The van der Waals surface area contributed by atoms with E-state index in [4.69, 9.17) is 10.2 Å².